The molecule has 0 bridgehead atoms. The number of likely N-dealkylation sites (tertiary alicyclic amines) is 1. The summed E-state index contributed by atoms with van der Waals surface area (Å²) in [7, 11) is 0. The van der Waals surface area contributed by atoms with Gasteiger partial charge in [-0.05, 0) is 76.3 Å². The van der Waals surface area contributed by atoms with Gasteiger partial charge in [0.05, 0.1) is 18.6 Å². The first kappa shape index (κ1) is 24.9. The summed E-state index contributed by atoms with van der Waals surface area (Å²) < 4.78 is 11.2. The van der Waals surface area contributed by atoms with Crippen molar-refractivity contribution >= 4 is 5.91 Å². The van der Waals surface area contributed by atoms with Crippen LogP contribution in [0.1, 0.15) is 50.1 Å². The number of nitrogens with zero attached hydrogens (tertiary/aromatic N) is 3. The third kappa shape index (κ3) is 7.15. The fourth-order valence-corrected chi connectivity index (χ4v) is 4.51. The van der Waals surface area contributed by atoms with Gasteiger partial charge < -0.3 is 14.6 Å². The molecule has 1 aromatic heterocycles. The van der Waals surface area contributed by atoms with Crippen LogP contribution < -0.4 is 10.1 Å². The van der Waals surface area contributed by atoms with Crippen LogP contribution in [0.15, 0.2) is 53.1 Å². The summed E-state index contributed by atoms with van der Waals surface area (Å²) in [6.07, 6.45) is 3.92. The molecule has 4 rings (SSSR count). The summed E-state index contributed by atoms with van der Waals surface area (Å²) in [5.41, 5.74) is 3.36. The van der Waals surface area contributed by atoms with E-state index in [1.807, 2.05) is 57.2 Å². The average molecular weight is 477 g/mol. The summed E-state index contributed by atoms with van der Waals surface area (Å²) in [5.74, 6) is 2.24. The lowest BCUT2D eigenvalue weighted by atomic mass is 9.97. The van der Waals surface area contributed by atoms with E-state index in [1.54, 1.807) is 0 Å². The number of rotatable bonds is 10. The minimum atomic E-state index is -0.00465. The first-order chi connectivity index (χ1) is 17.0. The topological polar surface area (TPSA) is 80.5 Å². The molecule has 35 heavy (non-hydrogen) atoms. The van der Waals surface area contributed by atoms with Crippen molar-refractivity contribution in [1.82, 2.24) is 20.4 Å². The quantitative estimate of drug-likeness (QED) is 0.424. The highest BCUT2D eigenvalue weighted by Crippen LogP contribution is 2.22. The van der Waals surface area contributed by atoms with Gasteiger partial charge in [-0.2, -0.15) is 4.98 Å². The van der Waals surface area contributed by atoms with Crippen LogP contribution in [-0.2, 0) is 17.8 Å². The molecule has 1 aliphatic heterocycles. The van der Waals surface area contributed by atoms with Gasteiger partial charge in [-0.3, -0.25) is 9.69 Å². The zero-order valence-electron chi connectivity index (χ0n) is 21.0. The van der Waals surface area contributed by atoms with Crippen LogP contribution in [0.3, 0.4) is 0 Å². The number of piperidine rings is 1. The molecule has 0 saturated carbocycles. The average Bonchev–Trinajstić information content (AvgIpc) is 3.31. The molecule has 7 heteroatoms. The number of hydrogen-bond donors (Lipinski definition) is 1. The molecule has 1 fully saturated rings. The Balaban J connectivity index is 1.20. The van der Waals surface area contributed by atoms with Crippen molar-refractivity contribution < 1.29 is 14.1 Å². The van der Waals surface area contributed by atoms with E-state index in [0.29, 0.717) is 31.3 Å². The molecule has 0 spiro atoms. The minimum absolute atomic E-state index is 0.00465. The number of aryl methyl sites for hydroxylation is 2. The van der Waals surface area contributed by atoms with Gasteiger partial charge >= 0.3 is 0 Å². The number of carbonyl (C=O) groups excluding carboxylic acids is 1. The van der Waals surface area contributed by atoms with Crippen LogP contribution >= 0.6 is 0 Å². The Morgan fingerprint density at radius 3 is 2.77 bits per heavy atom. The third-order valence-corrected chi connectivity index (χ3v) is 6.33. The Labute approximate surface area is 207 Å². The third-order valence-electron chi connectivity index (χ3n) is 6.33. The molecule has 7 nitrogen and oxygen atoms in total. The van der Waals surface area contributed by atoms with Crippen molar-refractivity contribution in [1.29, 1.82) is 0 Å². The van der Waals surface area contributed by atoms with Crippen LogP contribution in [0.4, 0.5) is 0 Å². The molecule has 186 valence electrons. The Kier molecular flexibility index (Phi) is 8.53. The molecule has 3 aromatic rings. The first-order valence-electron chi connectivity index (χ1n) is 12.6. The molecular formula is C28H36N4O3. The molecule has 0 aliphatic carbocycles. The first-order valence-corrected chi connectivity index (χ1v) is 12.6. The van der Waals surface area contributed by atoms with Crippen LogP contribution in [0, 0.1) is 12.8 Å². The predicted octanol–water partition coefficient (Wildman–Crippen LogP) is 4.79. The van der Waals surface area contributed by atoms with Crippen LogP contribution in [-0.4, -0.2) is 46.7 Å². The lowest BCUT2D eigenvalue weighted by Crippen LogP contribution is -2.43. The zero-order chi connectivity index (χ0) is 24.6. The maximum Gasteiger partial charge on any atom is 0.241 e. The molecule has 1 unspecified atom stereocenters. The van der Waals surface area contributed by atoms with Crippen molar-refractivity contribution in [3.8, 4) is 17.1 Å². The minimum Gasteiger partial charge on any atom is -0.491 e. The molecule has 0 radical (unpaired) electrons. The van der Waals surface area contributed by atoms with Gasteiger partial charge in [0.1, 0.15) is 5.75 Å². The Bertz CT molecular complexity index is 1090. The smallest absolute Gasteiger partial charge is 0.241 e. The van der Waals surface area contributed by atoms with Gasteiger partial charge in [0.2, 0.25) is 17.6 Å². The maximum atomic E-state index is 12.8. The fourth-order valence-electron chi connectivity index (χ4n) is 4.51. The predicted molar refractivity (Wildman–Crippen MR) is 136 cm³/mol. The summed E-state index contributed by atoms with van der Waals surface area (Å²) >= 11 is 0. The van der Waals surface area contributed by atoms with Gasteiger partial charge in [-0.15, -0.1) is 0 Å². The monoisotopic (exact) mass is 476 g/mol. The van der Waals surface area contributed by atoms with Crippen molar-refractivity contribution in [3.05, 3.63) is 65.5 Å². The normalized spacial score (nSPS) is 16.4. The van der Waals surface area contributed by atoms with Gasteiger partial charge in [0, 0.05) is 18.7 Å². The van der Waals surface area contributed by atoms with E-state index in [2.05, 4.69) is 32.5 Å². The molecule has 1 saturated heterocycles. The highest BCUT2D eigenvalue weighted by molar-refractivity contribution is 5.78. The number of nitrogens with one attached hydrogen (secondary N) is 1. The van der Waals surface area contributed by atoms with E-state index < -0.39 is 0 Å². The van der Waals surface area contributed by atoms with E-state index in [0.717, 1.165) is 49.1 Å². The number of carbonyl (C=O) groups is 1. The van der Waals surface area contributed by atoms with Crippen LogP contribution in [0.2, 0.25) is 0 Å². The Morgan fingerprint density at radius 1 is 1.20 bits per heavy atom. The second-order valence-electron chi connectivity index (χ2n) is 9.61. The van der Waals surface area contributed by atoms with Gasteiger partial charge in [-0.25, -0.2) is 0 Å². The Hall–Kier alpha value is -3.19. The fraction of sp³-hybridized carbons (Fsp3) is 0.464. The van der Waals surface area contributed by atoms with Crippen LogP contribution in [0.25, 0.3) is 11.4 Å². The molecule has 1 N–H and O–H groups in total. The number of aromatic nitrogens is 2. The molecule has 1 atom stereocenters. The summed E-state index contributed by atoms with van der Waals surface area (Å²) in [6, 6.07) is 16.2. The van der Waals surface area contributed by atoms with Crippen LogP contribution in [0.5, 0.6) is 5.75 Å². The molecule has 2 heterocycles. The standard InChI is InChI=1S/C28H36N4O3/c1-20(2)34-24-14-12-22(13-15-24)9-6-16-29-28(33)23-10-7-17-32(18-23)19-26-30-27(31-35-26)25-11-5-4-8-21(25)3/h4-5,8,11-15,20,23H,6-7,9-10,16-19H2,1-3H3,(H,29,33). The summed E-state index contributed by atoms with van der Waals surface area (Å²) in [6.45, 7) is 8.99. The number of ether oxygens (including phenoxy) is 1. The lowest BCUT2D eigenvalue weighted by Gasteiger charge is -2.30. The second kappa shape index (κ2) is 12.0. The number of benzene rings is 2. The van der Waals surface area contributed by atoms with E-state index in [-0.39, 0.29) is 17.9 Å². The van der Waals surface area contributed by atoms with E-state index >= 15 is 0 Å². The van der Waals surface area contributed by atoms with Crippen molar-refractivity contribution in [2.24, 2.45) is 5.92 Å². The van der Waals surface area contributed by atoms with Crippen molar-refractivity contribution in [3.63, 3.8) is 0 Å². The molecule has 2 aromatic carbocycles. The van der Waals surface area contributed by atoms with E-state index in [9.17, 15) is 4.79 Å². The summed E-state index contributed by atoms with van der Waals surface area (Å²) in [4.78, 5) is 19.6. The number of amides is 1. The van der Waals surface area contributed by atoms with Gasteiger partial charge in [0.15, 0.2) is 0 Å². The number of hydrogen-bond acceptors (Lipinski definition) is 6. The van der Waals surface area contributed by atoms with Crippen molar-refractivity contribution in [2.75, 3.05) is 19.6 Å². The SMILES string of the molecule is Cc1ccccc1-c1noc(CN2CCCC(C(=O)NCCCc3ccc(OC(C)C)cc3)C2)n1. The largest absolute Gasteiger partial charge is 0.491 e. The summed E-state index contributed by atoms with van der Waals surface area (Å²) in [5, 5.41) is 7.29. The molecule has 1 amide bonds. The molecule has 1 aliphatic rings. The second-order valence-corrected chi connectivity index (χ2v) is 9.61. The van der Waals surface area contributed by atoms with Crippen molar-refractivity contribution in [2.45, 2.75) is 59.1 Å². The maximum absolute atomic E-state index is 12.8. The van der Waals surface area contributed by atoms with E-state index in [4.69, 9.17) is 9.26 Å². The van der Waals surface area contributed by atoms with Gasteiger partial charge in [0.25, 0.3) is 0 Å². The Morgan fingerprint density at radius 2 is 2.00 bits per heavy atom. The highest BCUT2D eigenvalue weighted by Gasteiger charge is 2.26. The molecular weight excluding hydrogens is 440 g/mol. The zero-order valence-corrected chi connectivity index (χ0v) is 21.0. The van der Waals surface area contributed by atoms with E-state index in [1.165, 1.54) is 5.56 Å². The van der Waals surface area contributed by atoms with Gasteiger partial charge in [-0.1, -0.05) is 41.6 Å². The lowest BCUT2D eigenvalue weighted by molar-refractivity contribution is -0.126. The highest BCUT2D eigenvalue weighted by atomic mass is 16.5.